The molecule has 0 fully saturated rings. The third-order valence-corrected chi connectivity index (χ3v) is 4.99. The summed E-state index contributed by atoms with van der Waals surface area (Å²) in [5, 5.41) is 4.21. The zero-order valence-corrected chi connectivity index (χ0v) is 18.9. The SMILES string of the molecule is C=CCOc1cc(C/C=C/c2ccc(Cl)cc2Br)cc(CNCCN(C)C)c1. The number of allylic oxidation sites excluding steroid dienone is 1. The van der Waals surface area contributed by atoms with Crippen LogP contribution in [0.5, 0.6) is 5.75 Å². The fraction of sp³-hybridized carbons (Fsp3) is 0.304. The summed E-state index contributed by atoms with van der Waals surface area (Å²) >= 11 is 9.56. The lowest BCUT2D eigenvalue weighted by Gasteiger charge is -2.12. The first-order valence-corrected chi connectivity index (χ1v) is 10.5. The van der Waals surface area contributed by atoms with Gasteiger partial charge in [-0.25, -0.2) is 0 Å². The van der Waals surface area contributed by atoms with E-state index in [0.29, 0.717) is 6.61 Å². The molecule has 0 saturated carbocycles. The van der Waals surface area contributed by atoms with E-state index in [1.165, 1.54) is 11.1 Å². The van der Waals surface area contributed by atoms with Crippen molar-refractivity contribution in [2.45, 2.75) is 13.0 Å². The van der Waals surface area contributed by atoms with Crippen molar-refractivity contribution in [3.63, 3.8) is 0 Å². The summed E-state index contributed by atoms with van der Waals surface area (Å²) < 4.78 is 6.77. The molecule has 0 amide bonds. The molecule has 0 saturated heterocycles. The van der Waals surface area contributed by atoms with E-state index < -0.39 is 0 Å². The highest BCUT2D eigenvalue weighted by molar-refractivity contribution is 9.10. The lowest BCUT2D eigenvalue weighted by molar-refractivity contribution is 0.362. The molecule has 0 aromatic heterocycles. The van der Waals surface area contributed by atoms with Crippen LogP contribution in [0.3, 0.4) is 0 Å². The van der Waals surface area contributed by atoms with Crippen molar-refractivity contribution in [3.05, 3.63) is 81.3 Å². The number of hydrogen-bond acceptors (Lipinski definition) is 3. The van der Waals surface area contributed by atoms with Gasteiger partial charge in [-0.3, -0.25) is 0 Å². The molecule has 0 aliphatic carbocycles. The minimum atomic E-state index is 0.504. The van der Waals surface area contributed by atoms with Gasteiger partial charge in [0, 0.05) is 29.1 Å². The topological polar surface area (TPSA) is 24.5 Å². The van der Waals surface area contributed by atoms with Gasteiger partial charge in [-0.05, 0) is 61.5 Å². The number of likely N-dealkylation sites (N-methyl/N-ethyl adjacent to an activating group) is 1. The molecule has 0 spiro atoms. The maximum absolute atomic E-state index is 6.01. The molecule has 0 radical (unpaired) electrons. The predicted molar refractivity (Wildman–Crippen MR) is 124 cm³/mol. The lowest BCUT2D eigenvalue weighted by atomic mass is 10.1. The van der Waals surface area contributed by atoms with Crippen molar-refractivity contribution < 1.29 is 4.74 Å². The van der Waals surface area contributed by atoms with E-state index in [1.54, 1.807) is 6.08 Å². The molecule has 2 aromatic carbocycles. The summed E-state index contributed by atoms with van der Waals surface area (Å²) in [7, 11) is 4.16. The molecule has 3 nitrogen and oxygen atoms in total. The van der Waals surface area contributed by atoms with Crippen LogP contribution in [0.2, 0.25) is 5.02 Å². The van der Waals surface area contributed by atoms with Gasteiger partial charge >= 0.3 is 0 Å². The Hall–Kier alpha value is -1.59. The number of rotatable bonds is 11. The first-order valence-electron chi connectivity index (χ1n) is 9.31. The molecule has 1 N–H and O–H groups in total. The van der Waals surface area contributed by atoms with Crippen LogP contribution >= 0.6 is 27.5 Å². The summed E-state index contributed by atoms with van der Waals surface area (Å²) in [6.07, 6.45) is 6.85. The number of benzene rings is 2. The van der Waals surface area contributed by atoms with Crippen molar-refractivity contribution in [1.29, 1.82) is 0 Å². The van der Waals surface area contributed by atoms with Crippen LogP contribution in [0.4, 0.5) is 0 Å². The third-order valence-electron chi connectivity index (χ3n) is 4.07. The molecule has 2 rings (SSSR count). The van der Waals surface area contributed by atoms with E-state index in [9.17, 15) is 0 Å². The van der Waals surface area contributed by atoms with Gasteiger partial charge in [0.25, 0.3) is 0 Å². The summed E-state index contributed by atoms with van der Waals surface area (Å²) in [6, 6.07) is 12.2. The molecule has 150 valence electrons. The van der Waals surface area contributed by atoms with Crippen molar-refractivity contribution in [2.75, 3.05) is 33.8 Å². The zero-order chi connectivity index (χ0) is 20.4. The highest BCUT2D eigenvalue weighted by Gasteiger charge is 2.03. The molecular weight excluding hydrogens is 436 g/mol. The van der Waals surface area contributed by atoms with E-state index >= 15 is 0 Å². The molecule has 28 heavy (non-hydrogen) atoms. The molecular formula is C23H28BrClN2O. The Balaban J connectivity index is 2.06. The highest BCUT2D eigenvalue weighted by Crippen LogP contribution is 2.23. The quantitative estimate of drug-likeness (QED) is 0.348. The number of hydrogen-bond donors (Lipinski definition) is 1. The summed E-state index contributed by atoms with van der Waals surface area (Å²) in [5.41, 5.74) is 3.54. The van der Waals surface area contributed by atoms with Gasteiger partial charge in [0.15, 0.2) is 0 Å². The van der Waals surface area contributed by atoms with Crippen LogP contribution in [0.15, 0.2) is 59.6 Å². The van der Waals surface area contributed by atoms with E-state index in [1.807, 2.05) is 18.2 Å². The standard InChI is InChI=1S/C23H28BrClN2O/c1-4-12-28-22-14-18(13-19(15-22)17-26-10-11-27(2)3)6-5-7-20-8-9-21(25)16-23(20)24/h4-5,7-9,13-16,26H,1,6,10-12,17H2,2-3H3/b7-5+. The molecule has 0 heterocycles. The predicted octanol–water partition coefficient (Wildman–Crippen LogP) is 5.57. The zero-order valence-electron chi connectivity index (χ0n) is 16.6. The Morgan fingerprint density at radius 3 is 2.68 bits per heavy atom. The number of nitrogens with zero attached hydrogens (tertiary/aromatic N) is 1. The fourth-order valence-corrected chi connectivity index (χ4v) is 3.50. The first-order chi connectivity index (χ1) is 13.5. The summed E-state index contributed by atoms with van der Waals surface area (Å²) in [4.78, 5) is 2.17. The van der Waals surface area contributed by atoms with Crippen LogP contribution in [0.25, 0.3) is 6.08 Å². The Bertz CT molecular complexity index is 805. The Labute approximate surface area is 182 Å². The molecule has 0 unspecified atom stereocenters. The monoisotopic (exact) mass is 462 g/mol. The van der Waals surface area contributed by atoms with Crippen molar-refractivity contribution in [3.8, 4) is 5.75 Å². The lowest BCUT2D eigenvalue weighted by Crippen LogP contribution is -2.26. The summed E-state index contributed by atoms with van der Waals surface area (Å²) in [5.74, 6) is 0.878. The number of nitrogens with one attached hydrogen (secondary N) is 1. The molecule has 5 heteroatoms. The van der Waals surface area contributed by atoms with E-state index in [0.717, 1.165) is 46.9 Å². The van der Waals surface area contributed by atoms with Crippen LogP contribution < -0.4 is 10.1 Å². The first kappa shape index (κ1) is 22.7. The van der Waals surface area contributed by atoms with E-state index in [4.69, 9.17) is 16.3 Å². The second-order valence-electron chi connectivity index (χ2n) is 6.84. The number of ether oxygens (including phenoxy) is 1. The van der Waals surface area contributed by atoms with Crippen molar-refractivity contribution >= 4 is 33.6 Å². The van der Waals surface area contributed by atoms with E-state index in [-0.39, 0.29) is 0 Å². The van der Waals surface area contributed by atoms with Crippen LogP contribution in [-0.4, -0.2) is 38.7 Å². The molecule has 0 aliphatic heterocycles. The van der Waals surface area contributed by atoms with Crippen LogP contribution in [-0.2, 0) is 13.0 Å². The van der Waals surface area contributed by atoms with Gasteiger partial charge in [0.2, 0.25) is 0 Å². The molecule has 2 aromatic rings. The smallest absolute Gasteiger partial charge is 0.120 e. The largest absolute Gasteiger partial charge is 0.490 e. The Morgan fingerprint density at radius 1 is 1.18 bits per heavy atom. The van der Waals surface area contributed by atoms with E-state index in [2.05, 4.69) is 77.2 Å². The van der Waals surface area contributed by atoms with Crippen molar-refractivity contribution in [1.82, 2.24) is 10.2 Å². The van der Waals surface area contributed by atoms with Crippen molar-refractivity contribution in [2.24, 2.45) is 0 Å². The van der Waals surface area contributed by atoms with Gasteiger partial charge in [0.1, 0.15) is 12.4 Å². The van der Waals surface area contributed by atoms with Gasteiger partial charge in [-0.15, -0.1) is 0 Å². The normalized spacial score (nSPS) is 11.3. The number of halogens is 2. The van der Waals surface area contributed by atoms with Gasteiger partial charge in [-0.1, -0.05) is 64.5 Å². The van der Waals surface area contributed by atoms with Gasteiger partial charge in [0.05, 0.1) is 0 Å². The minimum Gasteiger partial charge on any atom is -0.490 e. The molecule has 0 aliphatic rings. The third kappa shape index (κ3) is 8.19. The highest BCUT2D eigenvalue weighted by atomic mass is 79.9. The Morgan fingerprint density at radius 2 is 1.96 bits per heavy atom. The maximum atomic E-state index is 6.01. The Kier molecular flexibility index (Phi) is 9.79. The molecule has 0 atom stereocenters. The second-order valence-corrected chi connectivity index (χ2v) is 8.13. The fourth-order valence-electron chi connectivity index (χ4n) is 2.68. The van der Waals surface area contributed by atoms with Crippen LogP contribution in [0.1, 0.15) is 16.7 Å². The molecule has 0 bridgehead atoms. The van der Waals surface area contributed by atoms with Crippen LogP contribution in [0, 0.1) is 0 Å². The average molecular weight is 464 g/mol. The average Bonchev–Trinajstić information content (AvgIpc) is 2.65. The van der Waals surface area contributed by atoms with Gasteiger partial charge < -0.3 is 15.0 Å². The van der Waals surface area contributed by atoms with Gasteiger partial charge in [-0.2, -0.15) is 0 Å². The summed E-state index contributed by atoms with van der Waals surface area (Å²) in [6.45, 7) is 7.01. The minimum absolute atomic E-state index is 0.504. The maximum Gasteiger partial charge on any atom is 0.120 e. The second kappa shape index (κ2) is 12.1.